The monoisotopic (exact) mass is 288 g/mol. The second-order valence-electron chi connectivity index (χ2n) is 4.75. The molecule has 0 amide bonds. The van der Waals surface area contributed by atoms with Crippen molar-refractivity contribution in [2.24, 2.45) is 5.41 Å². The molecule has 2 rings (SSSR count). The van der Waals surface area contributed by atoms with Crippen LogP contribution in [0, 0.1) is 11.2 Å². The molecule has 16 heavy (non-hydrogen) atoms. The molecule has 0 aromatic heterocycles. The minimum absolute atomic E-state index is 0.127. The maximum Gasteiger partial charge on any atom is 0.166 e. The summed E-state index contributed by atoms with van der Waals surface area (Å²) >= 11 is 3.19. The van der Waals surface area contributed by atoms with E-state index >= 15 is 0 Å². The van der Waals surface area contributed by atoms with Gasteiger partial charge in [-0.1, -0.05) is 29.8 Å². The lowest BCUT2D eigenvalue weighted by Crippen LogP contribution is -2.56. The summed E-state index contributed by atoms with van der Waals surface area (Å²) in [5.74, 6) is -0.139. The molecule has 1 N–H and O–H groups in total. The zero-order chi connectivity index (χ0) is 11.9. The predicted octanol–water partition coefficient (Wildman–Crippen LogP) is 3.13. The van der Waals surface area contributed by atoms with Gasteiger partial charge in [0, 0.05) is 16.3 Å². The zero-order valence-corrected chi connectivity index (χ0v) is 10.8. The molecule has 0 radical (unpaired) electrons. The van der Waals surface area contributed by atoms with Crippen molar-refractivity contribution in [2.75, 3.05) is 0 Å². The van der Waals surface area contributed by atoms with Gasteiger partial charge in [-0.15, -0.1) is 0 Å². The van der Waals surface area contributed by atoms with Gasteiger partial charge in [0.1, 0.15) is 6.10 Å². The molecule has 0 bridgehead atoms. The molecule has 0 heterocycles. The van der Waals surface area contributed by atoms with E-state index in [-0.39, 0.29) is 29.2 Å². The molecular formula is C12H14BrFO2. The van der Waals surface area contributed by atoms with Gasteiger partial charge in [-0.3, -0.25) is 0 Å². The third kappa shape index (κ3) is 1.96. The SMILES string of the molecule is CC1(C)C(O)CC1Oc1ccc(Br)cc1F. The van der Waals surface area contributed by atoms with Crippen LogP contribution < -0.4 is 4.74 Å². The quantitative estimate of drug-likeness (QED) is 0.906. The zero-order valence-electron chi connectivity index (χ0n) is 9.21. The van der Waals surface area contributed by atoms with Crippen molar-refractivity contribution in [1.82, 2.24) is 0 Å². The highest BCUT2D eigenvalue weighted by molar-refractivity contribution is 9.10. The van der Waals surface area contributed by atoms with Crippen LogP contribution in [0.2, 0.25) is 0 Å². The summed E-state index contributed by atoms with van der Waals surface area (Å²) in [6.07, 6.45) is 0.0665. The molecule has 1 aromatic carbocycles. The Kier molecular flexibility index (Phi) is 2.97. The van der Waals surface area contributed by atoms with Gasteiger partial charge in [-0.2, -0.15) is 0 Å². The minimum Gasteiger partial charge on any atom is -0.487 e. The fraction of sp³-hybridized carbons (Fsp3) is 0.500. The fourth-order valence-corrected chi connectivity index (χ4v) is 2.12. The Labute approximate surface area is 103 Å². The Morgan fingerprint density at radius 3 is 2.69 bits per heavy atom. The number of aliphatic hydroxyl groups is 1. The van der Waals surface area contributed by atoms with Crippen LogP contribution in [-0.2, 0) is 0 Å². The fourth-order valence-electron chi connectivity index (χ4n) is 1.79. The van der Waals surface area contributed by atoms with Crippen LogP contribution in [-0.4, -0.2) is 17.3 Å². The summed E-state index contributed by atoms with van der Waals surface area (Å²) in [4.78, 5) is 0. The Bertz CT molecular complexity index is 406. The average molecular weight is 289 g/mol. The third-order valence-corrected chi connectivity index (χ3v) is 3.78. The van der Waals surface area contributed by atoms with Crippen LogP contribution in [0.15, 0.2) is 22.7 Å². The first-order chi connectivity index (χ1) is 7.41. The largest absolute Gasteiger partial charge is 0.487 e. The normalized spacial score (nSPS) is 27.3. The van der Waals surface area contributed by atoms with E-state index in [2.05, 4.69) is 15.9 Å². The number of benzene rings is 1. The van der Waals surface area contributed by atoms with Crippen molar-refractivity contribution in [3.63, 3.8) is 0 Å². The van der Waals surface area contributed by atoms with Crippen molar-refractivity contribution in [1.29, 1.82) is 0 Å². The van der Waals surface area contributed by atoms with Gasteiger partial charge < -0.3 is 9.84 Å². The first-order valence-corrected chi connectivity index (χ1v) is 6.00. The second-order valence-corrected chi connectivity index (χ2v) is 5.67. The van der Waals surface area contributed by atoms with Crippen LogP contribution in [0.5, 0.6) is 5.75 Å². The van der Waals surface area contributed by atoms with Crippen molar-refractivity contribution in [3.8, 4) is 5.75 Å². The molecule has 1 saturated carbocycles. The molecule has 0 saturated heterocycles. The van der Waals surface area contributed by atoms with Crippen molar-refractivity contribution in [3.05, 3.63) is 28.5 Å². The number of rotatable bonds is 2. The lowest BCUT2D eigenvalue weighted by molar-refractivity contribution is -0.135. The molecule has 2 unspecified atom stereocenters. The van der Waals surface area contributed by atoms with Gasteiger partial charge in [0.2, 0.25) is 0 Å². The molecule has 1 fully saturated rings. The topological polar surface area (TPSA) is 29.5 Å². The Morgan fingerprint density at radius 1 is 1.50 bits per heavy atom. The smallest absolute Gasteiger partial charge is 0.166 e. The van der Waals surface area contributed by atoms with Crippen molar-refractivity contribution < 1.29 is 14.2 Å². The van der Waals surface area contributed by atoms with Crippen LogP contribution in [0.25, 0.3) is 0 Å². The molecule has 1 aliphatic carbocycles. The summed E-state index contributed by atoms with van der Waals surface area (Å²) in [7, 11) is 0. The highest BCUT2D eigenvalue weighted by Crippen LogP contribution is 2.43. The van der Waals surface area contributed by atoms with Gasteiger partial charge in [-0.05, 0) is 18.2 Å². The Hall–Kier alpha value is -0.610. The van der Waals surface area contributed by atoms with E-state index < -0.39 is 0 Å². The number of hydrogen-bond acceptors (Lipinski definition) is 2. The number of halogens is 2. The maximum atomic E-state index is 13.5. The maximum absolute atomic E-state index is 13.5. The molecule has 2 nitrogen and oxygen atoms in total. The van der Waals surface area contributed by atoms with Gasteiger partial charge >= 0.3 is 0 Å². The molecule has 2 atom stereocenters. The molecule has 0 spiro atoms. The van der Waals surface area contributed by atoms with E-state index in [4.69, 9.17) is 4.74 Å². The summed E-state index contributed by atoms with van der Waals surface area (Å²) in [5.41, 5.74) is -0.306. The number of hydrogen-bond donors (Lipinski definition) is 1. The highest BCUT2D eigenvalue weighted by atomic mass is 79.9. The number of aliphatic hydroxyl groups excluding tert-OH is 1. The standard InChI is InChI=1S/C12H14BrFO2/c1-12(2)10(15)6-11(12)16-9-4-3-7(13)5-8(9)14/h3-5,10-11,15H,6H2,1-2H3. The molecule has 88 valence electrons. The van der Waals surface area contributed by atoms with Gasteiger partial charge in [0.05, 0.1) is 6.10 Å². The van der Waals surface area contributed by atoms with Crippen LogP contribution in [0.3, 0.4) is 0 Å². The molecule has 1 aliphatic rings. The summed E-state index contributed by atoms with van der Waals surface area (Å²) in [5, 5.41) is 9.56. The first-order valence-electron chi connectivity index (χ1n) is 5.21. The lowest BCUT2D eigenvalue weighted by Gasteiger charge is -2.48. The first kappa shape index (κ1) is 11.9. The number of ether oxygens (including phenoxy) is 1. The van der Waals surface area contributed by atoms with Crippen LogP contribution >= 0.6 is 15.9 Å². The summed E-state index contributed by atoms with van der Waals surface area (Å²) in [6.45, 7) is 3.84. The van der Waals surface area contributed by atoms with Gasteiger partial charge in [0.15, 0.2) is 11.6 Å². The summed E-state index contributed by atoms with van der Waals surface area (Å²) in [6, 6.07) is 4.71. The molecule has 1 aromatic rings. The van der Waals surface area contributed by atoms with E-state index in [9.17, 15) is 9.50 Å². The molecule has 0 aliphatic heterocycles. The van der Waals surface area contributed by atoms with Crippen molar-refractivity contribution in [2.45, 2.75) is 32.5 Å². The van der Waals surface area contributed by atoms with E-state index in [1.54, 1.807) is 12.1 Å². The third-order valence-electron chi connectivity index (χ3n) is 3.29. The second kappa shape index (κ2) is 4.00. The molecule has 4 heteroatoms. The van der Waals surface area contributed by atoms with Crippen LogP contribution in [0.1, 0.15) is 20.3 Å². The predicted molar refractivity (Wildman–Crippen MR) is 62.9 cm³/mol. The Balaban J connectivity index is 2.11. The van der Waals surface area contributed by atoms with Crippen molar-refractivity contribution >= 4 is 15.9 Å². The summed E-state index contributed by atoms with van der Waals surface area (Å²) < 4.78 is 19.8. The van der Waals surface area contributed by atoms with Gasteiger partial charge in [0.25, 0.3) is 0 Å². The van der Waals surface area contributed by atoms with E-state index in [0.717, 1.165) is 0 Å². The van der Waals surface area contributed by atoms with Gasteiger partial charge in [-0.25, -0.2) is 4.39 Å². The minimum atomic E-state index is -0.383. The lowest BCUT2D eigenvalue weighted by atomic mass is 9.66. The van der Waals surface area contributed by atoms with Crippen LogP contribution in [0.4, 0.5) is 4.39 Å². The van der Waals surface area contributed by atoms with E-state index in [1.807, 2.05) is 13.8 Å². The Morgan fingerprint density at radius 2 is 2.19 bits per heavy atom. The molecular weight excluding hydrogens is 275 g/mol. The average Bonchev–Trinajstić information content (AvgIpc) is 2.21. The van der Waals surface area contributed by atoms with E-state index in [1.165, 1.54) is 6.07 Å². The highest BCUT2D eigenvalue weighted by Gasteiger charge is 2.49. The van der Waals surface area contributed by atoms with E-state index in [0.29, 0.717) is 10.9 Å².